The predicted octanol–water partition coefficient (Wildman–Crippen LogP) is 3.61. The predicted molar refractivity (Wildman–Crippen MR) is 83.2 cm³/mol. The lowest BCUT2D eigenvalue weighted by Gasteiger charge is -2.41. The maximum absolute atomic E-state index is 5.61. The number of hydrogen-bond acceptors (Lipinski definition) is 3. The van der Waals surface area contributed by atoms with Crippen LogP contribution in [0, 0.1) is 11.3 Å². The molecule has 1 aromatic heterocycles. The zero-order valence-electron chi connectivity index (χ0n) is 13.3. The lowest BCUT2D eigenvalue weighted by Crippen LogP contribution is -2.33. The van der Waals surface area contributed by atoms with Gasteiger partial charge in [-0.1, -0.05) is 13.8 Å². The monoisotopic (exact) mass is 276 g/mol. The van der Waals surface area contributed by atoms with Gasteiger partial charge in [0.05, 0.1) is 12.8 Å². The number of nitrogens with zero attached hydrogens (tertiary/aromatic N) is 1. The molecule has 0 aliphatic heterocycles. The van der Waals surface area contributed by atoms with Gasteiger partial charge in [0.2, 0.25) is 0 Å². The van der Waals surface area contributed by atoms with Crippen molar-refractivity contribution in [3.63, 3.8) is 0 Å². The van der Waals surface area contributed by atoms with Crippen molar-refractivity contribution in [2.75, 3.05) is 20.2 Å². The molecule has 0 aromatic carbocycles. The van der Waals surface area contributed by atoms with E-state index in [2.05, 4.69) is 30.2 Å². The van der Waals surface area contributed by atoms with Crippen LogP contribution < -0.4 is 10.1 Å². The average Bonchev–Trinajstić information content (AvgIpc) is 2.41. The highest BCUT2D eigenvalue weighted by Crippen LogP contribution is 2.46. The van der Waals surface area contributed by atoms with Crippen LogP contribution in [0.5, 0.6) is 5.75 Å². The Kier molecular flexibility index (Phi) is 5.03. The van der Waals surface area contributed by atoms with Crippen LogP contribution in [0.25, 0.3) is 0 Å². The third-order valence-corrected chi connectivity index (χ3v) is 4.47. The molecule has 2 atom stereocenters. The summed E-state index contributed by atoms with van der Waals surface area (Å²) in [4.78, 5) is 4.38. The molecule has 1 saturated carbocycles. The molecule has 1 heterocycles. The molecule has 2 unspecified atom stereocenters. The Bertz CT molecular complexity index is 431. The van der Waals surface area contributed by atoms with Crippen molar-refractivity contribution in [3.05, 3.63) is 24.0 Å². The molecule has 1 fully saturated rings. The van der Waals surface area contributed by atoms with Crippen LogP contribution in [-0.2, 0) is 0 Å². The Hall–Kier alpha value is -1.09. The second-order valence-electron chi connectivity index (χ2n) is 6.72. The fourth-order valence-electron chi connectivity index (χ4n) is 3.42. The topological polar surface area (TPSA) is 34.1 Å². The molecule has 0 saturated heterocycles. The maximum Gasteiger partial charge on any atom is 0.137 e. The van der Waals surface area contributed by atoms with E-state index in [-0.39, 0.29) is 0 Å². The summed E-state index contributed by atoms with van der Waals surface area (Å²) in [7, 11) is 2.05. The van der Waals surface area contributed by atoms with Gasteiger partial charge in [-0.05, 0) is 68.7 Å². The summed E-state index contributed by atoms with van der Waals surface area (Å²) in [5, 5.41) is 3.35. The summed E-state index contributed by atoms with van der Waals surface area (Å²) >= 11 is 0. The van der Waals surface area contributed by atoms with Gasteiger partial charge in [0.25, 0.3) is 0 Å². The minimum Gasteiger partial charge on any atom is -0.492 e. The first kappa shape index (κ1) is 15.3. The minimum atomic E-state index is 0.427. The molecule has 1 aromatic rings. The van der Waals surface area contributed by atoms with Crippen molar-refractivity contribution < 1.29 is 4.74 Å². The summed E-state index contributed by atoms with van der Waals surface area (Å²) < 4.78 is 5.61. The number of aromatic nitrogens is 1. The fourth-order valence-corrected chi connectivity index (χ4v) is 3.42. The molecular weight excluding hydrogens is 248 g/mol. The van der Waals surface area contributed by atoms with E-state index >= 15 is 0 Å². The highest BCUT2D eigenvalue weighted by atomic mass is 16.5. The molecule has 20 heavy (non-hydrogen) atoms. The first-order valence-electron chi connectivity index (χ1n) is 7.78. The summed E-state index contributed by atoms with van der Waals surface area (Å²) in [6.07, 6.45) is 7.67. The molecule has 3 nitrogen and oxygen atoms in total. The van der Waals surface area contributed by atoms with E-state index in [1.807, 2.05) is 26.4 Å². The number of nitrogens with one attached hydrogen (secondary N) is 1. The van der Waals surface area contributed by atoms with Crippen molar-refractivity contribution in [3.8, 4) is 5.75 Å². The molecule has 0 amide bonds. The minimum absolute atomic E-state index is 0.427. The van der Waals surface area contributed by atoms with E-state index in [1.54, 1.807) is 0 Å². The van der Waals surface area contributed by atoms with Gasteiger partial charge < -0.3 is 10.1 Å². The van der Waals surface area contributed by atoms with Crippen LogP contribution in [0.1, 0.15) is 51.5 Å². The second kappa shape index (κ2) is 6.57. The quantitative estimate of drug-likeness (QED) is 0.892. The van der Waals surface area contributed by atoms with E-state index in [0.717, 1.165) is 12.3 Å². The zero-order valence-corrected chi connectivity index (χ0v) is 13.3. The Morgan fingerprint density at radius 1 is 1.40 bits per heavy atom. The molecule has 1 N–H and O–H groups in total. The third kappa shape index (κ3) is 3.72. The molecule has 1 aliphatic carbocycles. The Balaban J connectivity index is 2.22. The van der Waals surface area contributed by atoms with Gasteiger partial charge in [-0.2, -0.15) is 0 Å². The third-order valence-electron chi connectivity index (χ3n) is 4.47. The van der Waals surface area contributed by atoms with Gasteiger partial charge in [0, 0.05) is 6.20 Å². The summed E-state index contributed by atoms with van der Waals surface area (Å²) in [6, 6.07) is 2.19. The average molecular weight is 276 g/mol. The van der Waals surface area contributed by atoms with E-state index in [0.29, 0.717) is 23.9 Å². The van der Waals surface area contributed by atoms with Crippen molar-refractivity contribution in [1.29, 1.82) is 0 Å². The SMILES string of the molecule is CCOc1cncc(C2CC(C)(C)CCC2CNC)c1. The first-order valence-corrected chi connectivity index (χ1v) is 7.78. The molecule has 1 aliphatic rings. The van der Waals surface area contributed by atoms with E-state index < -0.39 is 0 Å². The fraction of sp³-hybridized carbons (Fsp3) is 0.706. The normalized spacial score (nSPS) is 25.4. The molecule has 0 spiro atoms. The summed E-state index contributed by atoms with van der Waals surface area (Å²) in [5.74, 6) is 2.18. The molecular formula is C17H28N2O. The number of ether oxygens (including phenoxy) is 1. The summed E-state index contributed by atoms with van der Waals surface area (Å²) in [6.45, 7) is 8.56. The lowest BCUT2D eigenvalue weighted by atomic mass is 9.65. The van der Waals surface area contributed by atoms with Crippen LogP contribution in [0.3, 0.4) is 0 Å². The van der Waals surface area contributed by atoms with E-state index in [9.17, 15) is 0 Å². The largest absolute Gasteiger partial charge is 0.492 e. The van der Waals surface area contributed by atoms with Crippen molar-refractivity contribution in [2.24, 2.45) is 11.3 Å². The van der Waals surface area contributed by atoms with Gasteiger partial charge in [0.1, 0.15) is 5.75 Å². The number of rotatable bonds is 5. The number of pyridine rings is 1. The van der Waals surface area contributed by atoms with Gasteiger partial charge in [0.15, 0.2) is 0 Å². The van der Waals surface area contributed by atoms with Gasteiger partial charge in [-0.15, -0.1) is 0 Å². The second-order valence-corrected chi connectivity index (χ2v) is 6.72. The standard InChI is InChI=1S/C17H28N2O/c1-5-20-15-8-14(11-19-12-15)16-9-17(2,3)7-6-13(16)10-18-4/h8,11-13,16,18H,5-7,9-10H2,1-4H3. The highest BCUT2D eigenvalue weighted by molar-refractivity contribution is 5.27. The summed E-state index contributed by atoms with van der Waals surface area (Å²) in [5.41, 5.74) is 1.76. The molecule has 2 rings (SSSR count). The van der Waals surface area contributed by atoms with Crippen LogP contribution in [-0.4, -0.2) is 25.2 Å². The Morgan fingerprint density at radius 3 is 2.90 bits per heavy atom. The van der Waals surface area contributed by atoms with Crippen LogP contribution in [0.15, 0.2) is 18.5 Å². The molecule has 112 valence electrons. The smallest absolute Gasteiger partial charge is 0.137 e. The zero-order chi connectivity index (χ0) is 14.6. The van der Waals surface area contributed by atoms with Crippen molar-refractivity contribution in [2.45, 2.75) is 46.0 Å². The Morgan fingerprint density at radius 2 is 2.20 bits per heavy atom. The molecule has 0 radical (unpaired) electrons. The van der Waals surface area contributed by atoms with Crippen molar-refractivity contribution in [1.82, 2.24) is 10.3 Å². The van der Waals surface area contributed by atoms with Gasteiger partial charge >= 0.3 is 0 Å². The van der Waals surface area contributed by atoms with Gasteiger partial charge in [-0.3, -0.25) is 4.98 Å². The molecule has 0 bridgehead atoms. The molecule has 3 heteroatoms. The highest BCUT2D eigenvalue weighted by Gasteiger charge is 2.35. The van der Waals surface area contributed by atoms with Crippen LogP contribution >= 0.6 is 0 Å². The number of hydrogen-bond donors (Lipinski definition) is 1. The van der Waals surface area contributed by atoms with Crippen LogP contribution in [0.2, 0.25) is 0 Å². The maximum atomic E-state index is 5.61. The van der Waals surface area contributed by atoms with Gasteiger partial charge in [-0.25, -0.2) is 0 Å². The Labute approximate surface area is 123 Å². The first-order chi connectivity index (χ1) is 9.55. The van der Waals surface area contributed by atoms with E-state index in [1.165, 1.54) is 24.8 Å². The van der Waals surface area contributed by atoms with E-state index in [4.69, 9.17) is 4.74 Å². The van der Waals surface area contributed by atoms with Crippen LogP contribution in [0.4, 0.5) is 0 Å². The lowest BCUT2D eigenvalue weighted by molar-refractivity contribution is 0.160. The van der Waals surface area contributed by atoms with Crippen molar-refractivity contribution >= 4 is 0 Å².